The Bertz CT molecular complexity index is 375. The molecule has 0 radical (unpaired) electrons. The van der Waals surface area contributed by atoms with Gasteiger partial charge >= 0.3 is 0 Å². The SMILES string of the molecule is CCC(CC)NC(=O)CSc1sc(N)nc1C. The minimum Gasteiger partial charge on any atom is -0.375 e. The average Bonchev–Trinajstić information content (AvgIpc) is 2.62. The number of nitrogens with two attached hydrogens (primary N) is 1. The van der Waals surface area contributed by atoms with Crippen LogP contribution in [-0.2, 0) is 4.79 Å². The van der Waals surface area contributed by atoms with E-state index in [1.165, 1.54) is 23.1 Å². The molecular weight excluding hydrogens is 254 g/mol. The second-order valence-electron chi connectivity index (χ2n) is 3.79. The second-order valence-corrected chi connectivity index (χ2v) is 6.07. The summed E-state index contributed by atoms with van der Waals surface area (Å²) in [4.78, 5) is 15.8. The molecule has 1 aromatic heterocycles. The highest BCUT2D eigenvalue weighted by Crippen LogP contribution is 2.30. The first-order valence-corrected chi connectivity index (χ1v) is 7.52. The van der Waals surface area contributed by atoms with Gasteiger partial charge in [-0.2, -0.15) is 0 Å². The van der Waals surface area contributed by atoms with Crippen molar-refractivity contribution in [1.29, 1.82) is 0 Å². The van der Waals surface area contributed by atoms with E-state index in [1.807, 2.05) is 6.92 Å². The number of carbonyl (C=O) groups excluding carboxylic acids is 1. The van der Waals surface area contributed by atoms with Gasteiger partial charge in [0, 0.05) is 6.04 Å². The van der Waals surface area contributed by atoms with Crippen LogP contribution in [0.25, 0.3) is 0 Å². The highest BCUT2D eigenvalue weighted by Gasteiger charge is 2.11. The summed E-state index contributed by atoms with van der Waals surface area (Å²) in [7, 11) is 0. The fourth-order valence-corrected chi connectivity index (χ4v) is 3.26. The molecule has 0 aliphatic rings. The van der Waals surface area contributed by atoms with Crippen LogP contribution < -0.4 is 11.1 Å². The summed E-state index contributed by atoms with van der Waals surface area (Å²) in [6.45, 7) is 6.07. The van der Waals surface area contributed by atoms with Gasteiger partial charge in [-0.3, -0.25) is 4.79 Å². The number of thioether (sulfide) groups is 1. The van der Waals surface area contributed by atoms with E-state index < -0.39 is 0 Å². The molecule has 0 bridgehead atoms. The van der Waals surface area contributed by atoms with E-state index in [0.29, 0.717) is 10.9 Å². The summed E-state index contributed by atoms with van der Waals surface area (Å²) in [6.07, 6.45) is 1.94. The lowest BCUT2D eigenvalue weighted by Gasteiger charge is -2.14. The van der Waals surface area contributed by atoms with Crippen LogP contribution in [0.4, 0.5) is 5.13 Å². The quantitative estimate of drug-likeness (QED) is 0.781. The van der Waals surface area contributed by atoms with Gasteiger partial charge in [0.1, 0.15) is 0 Å². The second kappa shape index (κ2) is 6.86. The number of aryl methyl sites for hydroxylation is 1. The third kappa shape index (κ3) is 4.55. The van der Waals surface area contributed by atoms with Crippen LogP contribution >= 0.6 is 23.1 Å². The predicted octanol–water partition coefficient (Wildman–Crippen LogP) is 2.43. The standard InChI is InChI=1S/C11H19N3OS2/c1-4-8(5-2)14-9(15)6-16-10-7(3)13-11(12)17-10/h8H,4-6H2,1-3H3,(H2,12,13)(H,14,15). The maximum atomic E-state index is 11.7. The molecule has 1 amide bonds. The topological polar surface area (TPSA) is 68.0 Å². The molecule has 4 nitrogen and oxygen atoms in total. The fraction of sp³-hybridized carbons (Fsp3) is 0.636. The van der Waals surface area contributed by atoms with E-state index in [-0.39, 0.29) is 11.9 Å². The number of carbonyl (C=O) groups is 1. The van der Waals surface area contributed by atoms with Crippen LogP contribution in [0.1, 0.15) is 32.4 Å². The summed E-state index contributed by atoms with van der Waals surface area (Å²) in [5.41, 5.74) is 6.51. The summed E-state index contributed by atoms with van der Waals surface area (Å²) < 4.78 is 1.03. The van der Waals surface area contributed by atoms with Crippen molar-refractivity contribution in [1.82, 2.24) is 10.3 Å². The van der Waals surface area contributed by atoms with Gasteiger partial charge in [0.25, 0.3) is 0 Å². The van der Waals surface area contributed by atoms with Crippen molar-refractivity contribution >= 4 is 34.1 Å². The lowest BCUT2D eigenvalue weighted by atomic mass is 10.2. The Kier molecular flexibility index (Phi) is 5.77. The van der Waals surface area contributed by atoms with Crippen molar-refractivity contribution in [2.45, 2.75) is 43.9 Å². The number of amides is 1. The molecule has 0 saturated heterocycles. The van der Waals surface area contributed by atoms with Gasteiger partial charge < -0.3 is 11.1 Å². The number of hydrogen-bond acceptors (Lipinski definition) is 5. The van der Waals surface area contributed by atoms with Crippen molar-refractivity contribution in [2.24, 2.45) is 0 Å². The number of nitrogens with zero attached hydrogens (tertiary/aromatic N) is 1. The summed E-state index contributed by atoms with van der Waals surface area (Å²) in [5.74, 6) is 0.508. The Hall–Kier alpha value is -0.750. The largest absolute Gasteiger partial charge is 0.375 e. The van der Waals surface area contributed by atoms with Crippen molar-refractivity contribution in [3.63, 3.8) is 0 Å². The molecule has 0 fully saturated rings. The zero-order chi connectivity index (χ0) is 12.8. The molecule has 17 heavy (non-hydrogen) atoms. The van der Waals surface area contributed by atoms with Crippen LogP contribution in [0.3, 0.4) is 0 Å². The third-order valence-electron chi connectivity index (χ3n) is 2.46. The number of thiazole rings is 1. The minimum absolute atomic E-state index is 0.0788. The van der Waals surface area contributed by atoms with Crippen molar-refractivity contribution < 1.29 is 4.79 Å². The molecule has 0 unspecified atom stereocenters. The van der Waals surface area contributed by atoms with Gasteiger partial charge in [0.15, 0.2) is 5.13 Å². The highest BCUT2D eigenvalue weighted by atomic mass is 32.2. The van der Waals surface area contributed by atoms with Crippen LogP contribution in [0.15, 0.2) is 4.21 Å². The fourth-order valence-electron chi connectivity index (χ4n) is 1.43. The molecule has 1 heterocycles. The Morgan fingerprint density at radius 2 is 2.18 bits per heavy atom. The molecule has 0 aromatic carbocycles. The first kappa shape index (κ1) is 14.3. The van der Waals surface area contributed by atoms with Crippen LogP contribution in [0.5, 0.6) is 0 Å². The Morgan fingerprint density at radius 1 is 1.53 bits per heavy atom. The van der Waals surface area contributed by atoms with Crippen molar-refractivity contribution in [3.8, 4) is 0 Å². The zero-order valence-corrected chi connectivity index (χ0v) is 12.1. The van der Waals surface area contributed by atoms with E-state index in [9.17, 15) is 4.79 Å². The van der Waals surface area contributed by atoms with Gasteiger partial charge in [-0.15, -0.1) is 11.8 Å². The smallest absolute Gasteiger partial charge is 0.230 e. The predicted molar refractivity (Wildman–Crippen MR) is 74.5 cm³/mol. The maximum Gasteiger partial charge on any atom is 0.230 e. The number of aromatic nitrogens is 1. The number of rotatable bonds is 6. The van der Waals surface area contributed by atoms with Gasteiger partial charge in [0.05, 0.1) is 15.7 Å². The van der Waals surface area contributed by atoms with Gasteiger partial charge in [-0.25, -0.2) is 4.98 Å². The summed E-state index contributed by atoms with van der Waals surface area (Å²) in [5, 5.41) is 3.57. The number of nitrogens with one attached hydrogen (secondary N) is 1. The normalized spacial score (nSPS) is 10.8. The first-order valence-electron chi connectivity index (χ1n) is 5.71. The molecule has 0 aliphatic heterocycles. The van der Waals surface area contributed by atoms with Gasteiger partial charge in [-0.05, 0) is 19.8 Å². The van der Waals surface area contributed by atoms with E-state index in [4.69, 9.17) is 5.73 Å². The maximum absolute atomic E-state index is 11.7. The molecule has 3 N–H and O–H groups in total. The third-order valence-corrected chi connectivity index (χ3v) is 4.80. The molecule has 96 valence electrons. The molecule has 0 spiro atoms. The van der Waals surface area contributed by atoms with E-state index in [1.54, 1.807) is 0 Å². The highest BCUT2D eigenvalue weighted by molar-refractivity contribution is 8.01. The molecule has 0 aliphatic carbocycles. The van der Waals surface area contributed by atoms with Crippen molar-refractivity contribution in [3.05, 3.63) is 5.69 Å². The molecular formula is C11H19N3OS2. The lowest BCUT2D eigenvalue weighted by Crippen LogP contribution is -2.34. The van der Waals surface area contributed by atoms with E-state index in [0.717, 1.165) is 22.7 Å². The number of nitrogen functional groups attached to an aromatic ring is 1. The molecule has 0 saturated carbocycles. The van der Waals surface area contributed by atoms with E-state index in [2.05, 4.69) is 24.1 Å². The summed E-state index contributed by atoms with van der Waals surface area (Å²) >= 11 is 2.94. The average molecular weight is 273 g/mol. The lowest BCUT2D eigenvalue weighted by molar-refractivity contribution is -0.119. The Balaban J connectivity index is 2.40. The monoisotopic (exact) mass is 273 g/mol. The van der Waals surface area contributed by atoms with E-state index >= 15 is 0 Å². The van der Waals surface area contributed by atoms with Crippen LogP contribution in [-0.4, -0.2) is 22.7 Å². The van der Waals surface area contributed by atoms with Crippen LogP contribution in [0, 0.1) is 6.92 Å². The molecule has 1 rings (SSSR count). The number of hydrogen-bond donors (Lipinski definition) is 2. The van der Waals surface area contributed by atoms with Gasteiger partial charge in [0.2, 0.25) is 5.91 Å². The molecule has 6 heteroatoms. The zero-order valence-electron chi connectivity index (χ0n) is 10.4. The van der Waals surface area contributed by atoms with Crippen LogP contribution in [0.2, 0.25) is 0 Å². The Labute approximate surface area is 110 Å². The van der Waals surface area contributed by atoms with Crippen molar-refractivity contribution in [2.75, 3.05) is 11.5 Å². The minimum atomic E-state index is 0.0788. The summed E-state index contributed by atoms with van der Waals surface area (Å²) in [6, 6.07) is 0.288. The first-order chi connectivity index (χ1) is 8.06. The number of anilines is 1. The molecule has 1 aromatic rings. The molecule has 0 atom stereocenters. The van der Waals surface area contributed by atoms with Gasteiger partial charge in [-0.1, -0.05) is 25.2 Å². The Morgan fingerprint density at radius 3 is 2.65 bits per heavy atom.